The minimum Gasteiger partial charge on any atom is -0.383 e. The molecule has 0 fully saturated rings. The number of nitrogens with two attached hydrogens (primary N) is 1. The van der Waals surface area contributed by atoms with Crippen molar-refractivity contribution in [1.29, 1.82) is 0 Å². The summed E-state index contributed by atoms with van der Waals surface area (Å²) in [5.74, 6) is 0.225. The Kier molecular flexibility index (Phi) is 2.48. The summed E-state index contributed by atoms with van der Waals surface area (Å²) in [6.45, 7) is 0. The largest absolute Gasteiger partial charge is 0.383 e. The van der Waals surface area contributed by atoms with Crippen LogP contribution in [-0.2, 0) is 19.9 Å². The van der Waals surface area contributed by atoms with Gasteiger partial charge in [0.25, 0.3) is 5.56 Å². The van der Waals surface area contributed by atoms with E-state index in [0.29, 0.717) is 10.2 Å². The molecule has 2 aromatic heterocycles. The van der Waals surface area contributed by atoms with E-state index in [0.717, 1.165) is 36.9 Å². The Labute approximate surface area is 109 Å². The Bertz CT molecular complexity index is 759. The van der Waals surface area contributed by atoms with Crippen LogP contribution >= 0.6 is 12.2 Å². The third kappa shape index (κ3) is 1.49. The van der Waals surface area contributed by atoms with Gasteiger partial charge in [-0.05, 0) is 43.5 Å². The van der Waals surface area contributed by atoms with Crippen molar-refractivity contribution in [2.75, 3.05) is 5.73 Å². The first-order valence-corrected chi connectivity index (χ1v) is 6.40. The van der Waals surface area contributed by atoms with Crippen molar-refractivity contribution in [2.45, 2.75) is 25.7 Å². The third-order valence-electron chi connectivity index (χ3n) is 3.62. The van der Waals surface area contributed by atoms with E-state index in [1.54, 1.807) is 11.6 Å². The molecule has 0 spiro atoms. The van der Waals surface area contributed by atoms with Crippen LogP contribution < -0.4 is 11.3 Å². The number of aryl methyl sites for hydroxylation is 1. The van der Waals surface area contributed by atoms with Gasteiger partial charge in [-0.25, -0.2) is 4.98 Å². The Hall–Kier alpha value is -1.69. The second kappa shape index (κ2) is 3.91. The lowest BCUT2D eigenvalue weighted by atomic mass is 9.94. The summed E-state index contributed by atoms with van der Waals surface area (Å²) in [4.78, 5) is 19.3. The third-order valence-corrected chi connectivity index (χ3v) is 3.82. The number of nitrogen functional groups attached to an aromatic ring is 1. The molecular formula is C12H14N4OS. The fourth-order valence-electron chi connectivity index (χ4n) is 2.75. The van der Waals surface area contributed by atoms with E-state index in [9.17, 15) is 4.79 Å². The highest BCUT2D eigenvalue weighted by atomic mass is 32.1. The number of anilines is 1. The lowest BCUT2D eigenvalue weighted by molar-refractivity contribution is 0.629. The van der Waals surface area contributed by atoms with E-state index in [2.05, 4.69) is 9.97 Å². The van der Waals surface area contributed by atoms with Gasteiger partial charge in [0.2, 0.25) is 0 Å². The van der Waals surface area contributed by atoms with Gasteiger partial charge in [-0.15, -0.1) is 0 Å². The fourth-order valence-corrected chi connectivity index (χ4v) is 2.95. The molecule has 0 unspecified atom stereocenters. The minimum absolute atomic E-state index is 0.0955. The molecule has 0 saturated heterocycles. The van der Waals surface area contributed by atoms with Gasteiger partial charge in [-0.2, -0.15) is 0 Å². The van der Waals surface area contributed by atoms with Crippen molar-refractivity contribution in [3.8, 4) is 0 Å². The minimum atomic E-state index is -0.0955. The highest BCUT2D eigenvalue weighted by Crippen LogP contribution is 2.26. The van der Waals surface area contributed by atoms with Crippen molar-refractivity contribution < 1.29 is 0 Å². The SMILES string of the molecule is Cn1c2c(c3[nH]c(=S)nc(N)c3c1=O)CCCC2. The van der Waals surface area contributed by atoms with Gasteiger partial charge in [0, 0.05) is 12.7 Å². The van der Waals surface area contributed by atoms with Crippen LogP contribution in [0.1, 0.15) is 24.1 Å². The zero-order valence-corrected chi connectivity index (χ0v) is 10.9. The van der Waals surface area contributed by atoms with Gasteiger partial charge < -0.3 is 15.3 Å². The number of fused-ring (bicyclic) bond motifs is 3. The second-order valence-electron chi connectivity index (χ2n) is 4.67. The highest BCUT2D eigenvalue weighted by Gasteiger charge is 2.19. The van der Waals surface area contributed by atoms with Crippen LogP contribution in [0, 0.1) is 4.77 Å². The van der Waals surface area contributed by atoms with Gasteiger partial charge in [-0.1, -0.05) is 0 Å². The summed E-state index contributed by atoms with van der Waals surface area (Å²) < 4.78 is 2.03. The molecule has 1 aliphatic rings. The van der Waals surface area contributed by atoms with E-state index < -0.39 is 0 Å². The molecule has 6 heteroatoms. The average molecular weight is 262 g/mol. The van der Waals surface area contributed by atoms with E-state index >= 15 is 0 Å². The van der Waals surface area contributed by atoms with Crippen LogP contribution in [0.5, 0.6) is 0 Å². The number of aromatic amines is 1. The van der Waals surface area contributed by atoms with Gasteiger partial charge >= 0.3 is 0 Å². The van der Waals surface area contributed by atoms with E-state index in [1.165, 1.54) is 5.56 Å². The molecule has 5 nitrogen and oxygen atoms in total. The molecule has 0 saturated carbocycles. The quantitative estimate of drug-likeness (QED) is 0.705. The molecule has 0 amide bonds. The molecule has 2 heterocycles. The first-order valence-electron chi connectivity index (χ1n) is 6.00. The van der Waals surface area contributed by atoms with Crippen LogP contribution in [0.25, 0.3) is 10.9 Å². The molecule has 0 aromatic carbocycles. The molecule has 3 N–H and O–H groups in total. The number of hydrogen-bond donors (Lipinski definition) is 2. The van der Waals surface area contributed by atoms with Crippen molar-refractivity contribution in [3.05, 3.63) is 26.4 Å². The number of aromatic nitrogens is 3. The standard InChI is InChI=1S/C12H14N4OS/c1-16-7-5-3-2-4-6(7)9-8(11(16)17)10(13)15-12(18)14-9/h2-5H2,1H3,(H3,13,14,15,18). The second-order valence-corrected chi connectivity index (χ2v) is 5.06. The Morgan fingerprint density at radius 1 is 1.39 bits per heavy atom. The van der Waals surface area contributed by atoms with Crippen molar-refractivity contribution in [2.24, 2.45) is 7.05 Å². The Balaban J connectivity index is 2.58. The maximum Gasteiger partial charge on any atom is 0.263 e. The van der Waals surface area contributed by atoms with Crippen molar-refractivity contribution in [1.82, 2.24) is 14.5 Å². The number of H-pyrrole nitrogens is 1. The van der Waals surface area contributed by atoms with Gasteiger partial charge in [0.15, 0.2) is 4.77 Å². The van der Waals surface area contributed by atoms with E-state index in [-0.39, 0.29) is 11.4 Å². The average Bonchev–Trinajstić information content (AvgIpc) is 2.35. The summed E-state index contributed by atoms with van der Waals surface area (Å²) in [6, 6.07) is 0. The Morgan fingerprint density at radius 2 is 2.11 bits per heavy atom. The molecule has 1 aliphatic carbocycles. The van der Waals surface area contributed by atoms with Gasteiger partial charge in [0.05, 0.1) is 5.52 Å². The van der Waals surface area contributed by atoms with Crippen LogP contribution in [0.4, 0.5) is 5.82 Å². The molecule has 0 aliphatic heterocycles. The number of nitrogens with zero attached hydrogens (tertiary/aromatic N) is 2. The monoisotopic (exact) mass is 262 g/mol. The lowest BCUT2D eigenvalue weighted by Gasteiger charge is -2.21. The first-order chi connectivity index (χ1) is 8.59. The molecule has 3 rings (SSSR count). The zero-order chi connectivity index (χ0) is 12.9. The topological polar surface area (TPSA) is 76.7 Å². The highest BCUT2D eigenvalue weighted by molar-refractivity contribution is 7.71. The van der Waals surface area contributed by atoms with Crippen LogP contribution in [0.2, 0.25) is 0 Å². The number of rotatable bonds is 0. The maximum atomic E-state index is 12.3. The fraction of sp³-hybridized carbons (Fsp3) is 0.417. The molecular weight excluding hydrogens is 248 g/mol. The van der Waals surface area contributed by atoms with Crippen LogP contribution in [0.3, 0.4) is 0 Å². The predicted molar refractivity (Wildman–Crippen MR) is 73.2 cm³/mol. The first kappa shape index (κ1) is 11.4. The molecule has 2 aromatic rings. The van der Waals surface area contributed by atoms with Gasteiger partial charge in [0.1, 0.15) is 11.2 Å². The number of nitrogens with one attached hydrogen (secondary N) is 1. The van der Waals surface area contributed by atoms with E-state index in [4.69, 9.17) is 18.0 Å². The summed E-state index contributed by atoms with van der Waals surface area (Å²) in [5.41, 5.74) is 8.79. The molecule has 0 bridgehead atoms. The Morgan fingerprint density at radius 3 is 2.89 bits per heavy atom. The van der Waals surface area contributed by atoms with Crippen molar-refractivity contribution >= 4 is 28.9 Å². The maximum absolute atomic E-state index is 12.3. The molecule has 0 radical (unpaired) electrons. The molecule has 94 valence electrons. The summed E-state index contributed by atoms with van der Waals surface area (Å²) in [6.07, 6.45) is 4.13. The summed E-state index contributed by atoms with van der Waals surface area (Å²) >= 11 is 5.05. The van der Waals surface area contributed by atoms with Crippen LogP contribution in [0.15, 0.2) is 4.79 Å². The van der Waals surface area contributed by atoms with Crippen LogP contribution in [-0.4, -0.2) is 14.5 Å². The summed E-state index contributed by atoms with van der Waals surface area (Å²) in [7, 11) is 1.80. The predicted octanol–water partition coefficient (Wildman–Crippen LogP) is 1.45. The van der Waals surface area contributed by atoms with E-state index in [1.807, 2.05) is 0 Å². The van der Waals surface area contributed by atoms with Crippen molar-refractivity contribution in [3.63, 3.8) is 0 Å². The molecule has 18 heavy (non-hydrogen) atoms. The lowest BCUT2D eigenvalue weighted by Crippen LogP contribution is -2.26. The zero-order valence-electron chi connectivity index (χ0n) is 10.1. The number of pyridine rings is 1. The smallest absolute Gasteiger partial charge is 0.263 e. The molecule has 0 atom stereocenters. The normalized spacial score (nSPS) is 14.7. The number of hydrogen-bond acceptors (Lipinski definition) is 4. The van der Waals surface area contributed by atoms with Gasteiger partial charge in [-0.3, -0.25) is 4.79 Å². The summed E-state index contributed by atoms with van der Waals surface area (Å²) in [5, 5.41) is 0.465.